The van der Waals surface area contributed by atoms with Gasteiger partial charge in [-0.2, -0.15) is 0 Å². The predicted molar refractivity (Wildman–Crippen MR) is 47.1 cm³/mol. The van der Waals surface area contributed by atoms with Crippen LogP contribution in [0.25, 0.3) is 0 Å². The first-order chi connectivity index (χ1) is 6.34. The van der Waals surface area contributed by atoms with Crippen LogP contribution in [0.4, 0.5) is 8.78 Å². The summed E-state index contributed by atoms with van der Waals surface area (Å²) >= 11 is 0. The number of carbonyl (C=O) groups is 1. The summed E-state index contributed by atoms with van der Waals surface area (Å²) in [6, 6.07) is -0.662. The molecule has 3 nitrogen and oxygen atoms in total. The Morgan fingerprint density at radius 1 is 1.64 bits per heavy atom. The van der Waals surface area contributed by atoms with Gasteiger partial charge in [0, 0.05) is 18.9 Å². The molecule has 1 aliphatic carbocycles. The molecule has 0 saturated heterocycles. The first-order valence-electron chi connectivity index (χ1n) is 4.71. The highest BCUT2D eigenvalue weighted by molar-refractivity contribution is 5.76. The van der Waals surface area contributed by atoms with E-state index in [0.717, 1.165) is 0 Å². The number of hydrogen-bond donors (Lipinski definition) is 2. The van der Waals surface area contributed by atoms with Gasteiger partial charge in [-0.15, -0.1) is 0 Å². The smallest absolute Gasteiger partial charge is 0.311 e. The van der Waals surface area contributed by atoms with E-state index in [1.165, 1.54) is 0 Å². The maximum absolute atomic E-state index is 13.1. The number of carboxylic acids is 1. The quantitative estimate of drug-likeness (QED) is 0.723. The van der Waals surface area contributed by atoms with Crippen molar-refractivity contribution in [2.45, 2.75) is 44.6 Å². The minimum atomic E-state index is -2.88. The van der Waals surface area contributed by atoms with Crippen LogP contribution in [0, 0.1) is 5.41 Å². The van der Waals surface area contributed by atoms with Gasteiger partial charge in [-0.3, -0.25) is 4.79 Å². The normalized spacial score (nSPS) is 36.7. The number of carboxylic acid groups (broad SMARTS) is 1. The summed E-state index contributed by atoms with van der Waals surface area (Å²) in [6.07, 6.45) is -0.706. The molecule has 1 fully saturated rings. The van der Waals surface area contributed by atoms with E-state index >= 15 is 0 Å². The van der Waals surface area contributed by atoms with Crippen molar-refractivity contribution in [2.75, 3.05) is 0 Å². The molecule has 1 saturated carbocycles. The summed E-state index contributed by atoms with van der Waals surface area (Å²) in [5, 5.41) is 8.98. The van der Waals surface area contributed by atoms with Gasteiger partial charge in [0.2, 0.25) is 5.92 Å². The zero-order valence-electron chi connectivity index (χ0n) is 8.09. The van der Waals surface area contributed by atoms with Crippen molar-refractivity contribution in [1.29, 1.82) is 0 Å². The van der Waals surface area contributed by atoms with Gasteiger partial charge in [-0.25, -0.2) is 8.78 Å². The lowest BCUT2D eigenvalue weighted by atomic mass is 9.67. The Kier molecular flexibility index (Phi) is 2.81. The van der Waals surface area contributed by atoms with Crippen LogP contribution in [0.15, 0.2) is 0 Å². The number of alkyl halides is 2. The van der Waals surface area contributed by atoms with Gasteiger partial charge in [0.1, 0.15) is 0 Å². The van der Waals surface area contributed by atoms with E-state index < -0.39 is 29.8 Å². The third kappa shape index (κ3) is 1.73. The molecule has 0 aliphatic heterocycles. The first-order valence-corrected chi connectivity index (χ1v) is 4.71. The molecule has 14 heavy (non-hydrogen) atoms. The van der Waals surface area contributed by atoms with E-state index in [-0.39, 0.29) is 19.3 Å². The molecule has 5 heteroatoms. The molecular weight excluding hydrogens is 192 g/mol. The van der Waals surface area contributed by atoms with Crippen molar-refractivity contribution < 1.29 is 18.7 Å². The molecule has 0 heterocycles. The van der Waals surface area contributed by atoms with Gasteiger partial charge in [-0.05, 0) is 12.8 Å². The van der Waals surface area contributed by atoms with E-state index in [9.17, 15) is 13.6 Å². The lowest BCUT2D eigenvalue weighted by Crippen LogP contribution is -2.54. The number of rotatable bonds is 2. The van der Waals surface area contributed by atoms with Crippen LogP contribution in [-0.4, -0.2) is 23.0 Å². The Hall–Kier alpha value is -0.710. The molecule has 0 spiro atoms. The van der Waals surface area contributed by atoms with Crippen LogP contribution >= 0.6 is 0 Å². The molecule has 0 radical (unpaired) electrons. The molecule has 2 atom stereocenters. The molecule has 1 aliphatic rings. The standard InChI is InChI=1S/C9H15F2NO2/c1-2-8(7(13)14)5-9(10,11)4-3-6(8)12/h6H,2-5,12H2,1H3,(H,13,14)/t6-,8+/m1/s1. The van der Waals surface area contributed by atoms with Gasteiger partial charge in [0.15, 0.2) is 0 Å². The van der Waals surface area contributed by atoms with E-state index in [2.05, 4.69) is 0 Å². The Morgan fingerprint density at radius 3 is 2.57 bits per heavy atom. The van der Waals surface area contributed by atoms with E-state index in [1.54, 1.807) is 6.92 Å². The van der Waals surface area contributed by atoms with Gasteiger partial charge < -0.3 is 10.8 Å². The first kappa shape index (κ1) is 11.4. The maximum Gasteiger partial charge on any atom is 0.311 e. The fourth-order valence-electron chi connectivity index (χ4n) is 2.10. The molecule has 3 N–H and O–H groups in total. The predicted octanol–water partition coefficient (Wildman–Crippen LogP) is 1.61. The van der Waals surface area contributed by atoms with E-state index in [0.29, 0.717) is 0 Å². The largest absolute Gasteiger partial charge is 0.481 e. The van der Waals surface area contributed by atoms with Crippen molar-refractivity contribution in [2.24, 2.45) is 11.1 Å². The highest BCUT2D eigenvalue weighted by Crippen LogP contribution is 2.46. The Morgan fingerprint density at radius 2 is 2.21 bits per heavy atom. The Labute approximate surface area is 81.3 Å². The van der Waals surface area contributed by atoms with Crippen LogP contribution in [-0.2, 0) is 4.79 Å². The van der Waals surface area contributed by atoms with Crippen molar-refractivity contribution >= 4 is 5.97 Å². The minimum Gasteiger partial charge on any atom is -0.481 e. The van der Waals surface area contributed by atoms with Gasteiger partial charge in [-0.1, -0.05) is 6.92 Å². The number of aliphatic carboxylic acids is 1. The number of halogens is 2. The maximum atomic E-state index is 13.1. The molecule has 0 unspecified atom stereocenters. The van der Waals surface area contributed by atoms with Crippen molar-refractivity contribution in [3.63, 3.8) is 0 Å². The summed E-state index contributed by atoms with van der Waals surface area (Å²) < 4.78 is 26.2. The zero-order valence-corrected chi connectivity index (χ0v) is 8.09. The molecule has 1 rings (SSSR count). The van der Waals surface area contributed by atoms with Crippen LogP contribution in [0.3, 0.4) is 0 Å². The third-order valence-electron chi connectivity index (χ3n) is 3.16. The molecule has 0 amide bonds. The van der Waals surface area contributed by atoms with Gasteiger partial charge >= 0.3 is 5.97 Å². The molecule has 0 bridgehead atoms. The number of hydrogen-bond acceptors (Lipinski definition) is 2. The van der Waals surface area contributed by atoms with Crippen molar-refractivity contribution in [3.05, 3.63) is 0 Å². The Balaban J connectivity index is 2.96. The van der Waals surface area contributed by atoms with Crippen LogP contribution in [0.2, 0.25) is 0 Å². The highest BCUT2D eigenvalue weighted by Gasteiger charge is 2.53. The van der Waals surface area contributed by atoms with Gasteiger partial charge in [0.05, 0.1) is 5.41 Å². The summed E-state index contributed by atoms with van der Waals surface area (Å²) in [5.74, 6) is -4.09. The molecular formula is C9H15F2NO2. The van der Waals surface area contributed by atoms with Crippen molar-refractivity contribution in [3.8, 4) is 0 Å². The topological polar surface area (TPSA) is 63.3 Å². The van der Waals surface area contributed by atoms with E-state index in [4.69, 9.17) is 10.8 Å². The summed E-state index contributed by atoms with van der Waals surface area (Å²) in [7, 11) is 0. The third-order valence-corrected chi connectivity index (χ3v) is 3.16. The monoisotopic (exact) mass is 207 g/mol. The van der Waals surface area contributed by atoms with Crippen LogP contribution in [0.5, 0.6) is 0 Å². The lowest BCUT2D eigenvalue weighted by Gasteiger charge is -2.41. The second kappa shape index (κ2) is 3.46. The zero-order chi connectivity index (χ0) is 11.0. The van der Waals surface area contributed by atoms with Gasteiger partial charge in [0.25, 0.3) is 0 Å². The van der Waals surface area contributed by atoms with Crippen molar-refractivity contribution in [1.82, 2.24) is 0 Å². The molecule has 0 aromatic rings. The molecule has 82 valence electrons. The summed E-state index contributed by atoms with van der Waals surface area (Å²) in [4.78, 5) is 11.0. The number of nitrogens with two attached hydrogens (primary N) is 1. The molecule has 0 aromatic carbocycles. The Bertz CT molecular complexity index is 245. The fourth-order valence-corrected chi connectivity index (χ4v) is 2.10. The summed E-state index contributed by atoms with van der Waals surface area (Å²) in [5.41, 5.74) is 4.19. The second-order valence-electron chi connectivity index (χ2n) is 3.99. The van der Waals surface area contributed by atoms with E-state index in [1.807, 2.05) is 0 Å². The highest BCUT2D eigenvalue weighted by atomic mass is 19.3. The summed E-state index contributed by atoms with van der Waals surface area (Å²) in [6.45, 7) is 1.59. The second-order valence-corrected chi connectivity index (χ2v) is 3.99. The lowest BCUT2D eigenvalue weighted by molar-refractivity contribution is -0.165. The average molecular weight is 207 g/mol. The van der Waals surface area contributed by atoms with Crippen LogP contribution < -0.4 is 5.73 Å². The van der Waals surface area contributed by atoms with Crippen LogP contribution in [0.1, 0.15) is 32.6 Å². The molecule has 0 aromatic heterocycles. The SMILES string of the molecule is CC[C@]1(C(=O)O)CC(F)(F)CC[C@H]1N. The average Bonchev–Trinajstić information content (AvgIpc) is 2.09. The fraction of sp³-hybridized carbons (Fsp3) is 0.889. The minimum absolute atomic E-state index is 0.0765.